The molecule has 1 aliphatic rings. The first-order valence-corrected chi connectivity index (χ1v) is 8.13. The third-order valence-electron chi connectivity index (χ3n) is 4.49. The summed E-state index contributed by atoms with van der Waals surface area (Å²) in [5.41, 5.74) is 1.20. The quantitative estimate of drug-likeness (QED) is 0.909. The van der Waals surface area contributed by atoms with Crippen molar-refractivity contribution in [2.24, 2.45) is 0 Å². The van der Waals surface area contributed by atoms with Crippen LogP contribution in [0.15, 0.2) is 42.5 Å². The number of benzene rings is 2. The van der Waals surface area contributed by atoms with E-state index in [1.165, 1.54) is 6.92 Å². The van der Waals surface area contributed by atoms with Gasteiger partial charge < -0.3 is 14.7 Å². The van der Waals surface area contributed by atoms with Crippen molar-refractivity contribution in [3.05, 3.63) is 59.2 Å². The average Bonchev–Trinajstić information content (AvgIpc) is 2.77. The van der Waals surface area contributed by atoms with Crippen LogP contribution in [0.2, 0.25) is 0 Å². The van der Waals surface area contributed by atoms with Crippen LogP contribution in [0.1, 0.15) is 30.0 Å². The second-order valence-electron chi connectivity index (χ2n) is 6.50. The monoisotopic (exact) mass is 339 g/mol. The maximum Gasteiger partial charge on any atom is 0.264 e. The summed E-state index contributed by atoms with van der Waals surface area (Å²) in [5, 5.41) is 11.0. The highest BCUT2D eigenvalue weighted by Gasteiger charge is 2.50. The molecule has 0 bridgehead atoms. The predicted molar refractivity (Wildman–Crippen MR) is 94.6 cm³/mol. The van der Waals surface area contributed by atoms with E-state index in [2.05, 4.69) is 0 Å². The third kappa shape index (κ3) is 3.03. The molecule has 5 heteroatoms. The van der Waals surface area contributed by atoms with E-state index >= 15 is 0 Å². The molecule has 1 heterocycles. The fraction of sp³-hybridized carbons (Fsp3) is 0.300. The SMILES string of the molecule is COc1ccc(CN2C(=O)C(O)(CC(C)=O)c3cc(C)ccc32)cc1. The largest absolute Gasteiger partial charge is 0.497 e. The molecule has 25 heavy (non-hydrogen) atoms. The molecule has 2 aromatic carbocycles. The number of hydrogen-bond acceptors (Lipinski definition) is 4. The fourth-order valence-electron chi connectivity index (χ4n) is 3.27. The topological polar surface area (TPSA) is 66.8 Å². The number of aryl methyl sites for hydroxylation is 1. The fourth-order valence-corrected chi connectivity index (χ4v) is 3.27. The highest BCUT2D eigenvalue weighted by atomic mass is 16.5. The van der Waals surface area contributed by atoms with Crippen LogP contribution in [-0.2, 0) is 21.7 Å². The molecule has 0 spiro atoms. The molecule has 1 atom stereocenters. The van der Waals surface area contributed by atoms with Crippen molar-refractivity contribution in [2.45, 2.75) is 32.4 Å². The van der Waals surface area contributed by atoms with Crippen molar-refractivity contribution in [1.82, 2.24) is 0 Å². The third-order valence-corrected chi connectivity index (χ3v) is 4.49. The van der Waals surface area contributed by atoms with Crippen molar-refractivity contribution in [3.63, 3.8) is 0 Å². The number of carbonyl (C=O) groups excluding carboxylic acids is 2. The van der Waals surface area contributed by atoms with Gasteiger partial charge in [0.25, 0.3) is 5.91 Å². The number of hydrogen-bond donors (Lipinski definition) is 1. The summed E-state index contributed by atoms with van der Waals surface area (Å²) in [6.45, 7) is 3.59. The van der Waals surface area contributed by atoms with Gasteiger partial charge in [0.15, 0.2) is 5.60 Å². The minimum absolute atomic E-state index is 0.221. The molecule has 0 aliphatic carbocycles. The number of carbonyl (C=O) groups is 2. The molecule has 2 aromatic rings. The zero-order valence-electron chi connectivity index (χ0n) is 14.6. The summed E-state index contributed by atoms with van der Waals surface area (Å²) in [6.07, 6.45) is -0.221. The molecule has 1 N–H and O–H groups in total. The Bertz CT molecular complexity index is 828. The van der Waals surface area contributed by atoms with E-state index in [-0.39, 0.29) is 12.2 Å². The van der Waals surface area contributed by atoms with Gasteiger partial charge >= 0.3 is 0 Å². The number of Topliss-reactive ketones (excluding diaryl/α,β-unsaturated/α-hetero) is 1. The molecule has 0 radical (unpaired) electrons. The van der Waals surface area contributed by atoms with E-state index in [9.17, 15) is 14.7 Å². The average molecular weight is 339 g/mol. The number of fused-ring (bicyclic) bond motifs is 1. The molecule has 1 aliphatic heterocycles. The lowest BCUT2D eigenvalue weighted by Gasteiger charge is -2.22. The van der Waals surface area contributed by atoms with Crippen molar-refractivity contribution in [1.29, 1.82) is 0 Å². The van der Waals surface area contributed by atoms with E-state index in [0.717, 1.165) is 16.9 Å². The van der Waals surface area contributed by atoms with Crippen LogP contribution in [-0.4, -0.2) is 23.9 Å². The second-order valence-corrected chi connectivity index (χ2v) is 6.50. The number of amides is 1. The zero-order valence-corrected chi connectivity index (χ0v) is 14.6. The molecular weight excluding hydrogens is 318 g/mol. The van der Waals surface area contributed by atoms with Gasteiger partial charge in [-0.3, -0.25) is 9.59 Å². The van der Waals surface area contributed by atoms with E-state index in [1.54, 1.807) is 18.1 Å². The van der Waals surface area contributed by atoms with Crippen LogP contribution in [0.5, 0.6) is 5.75 Å². The van der Waals surface area contributed by atoms with Gasteiger partial charge in [0, 0.05) is 12.0 Å². The first-order chi connectivity index (χ1) is 11.8. The molecule has 1 unspecified atom stereocenters. The molecule has 3 rings (SSSR count). The van der Waals surface area contributed by atoms with Gasteiger partial charge in [-0.1, -0.05) is 29.8 Å². The van der Waals surface area contributed by atoms with Gasteiger partial charge in [-0.2, -0.15) is 0 Å². The maximum absolute atomic E-state index is 13.0. The first-order valence-electron chi connectivity index (χ1n) is 8.13. The summed E-state index contributed by atoms with van der Waals surface area (Å²) < 4.78 is 5.15. The summed E-state index contributed by atoms with van der Waals surface area (Å²) >= 11 is 0. The lowest BCUT2D eigenvalue weighted by atomic mass is 9.89. The standard InChI is InChI=1S/C20H21NO4/c1-13-4-9-18-17(10-13)20(24,11-14(2)22)19(23)21(18)12-15-5-7-16(25-3)8-6-15/h4-10,24H,11-12H2,1-3H3. The number of aliphatic hydroxyl groups is 1. The van der Waals surface area contributed by atoms with E-state index in [4.69, 9.17) is 4.74 Å². The van der Waals surface area contributed by atoms with E-state index < -0.39 is 11.5 Å². The molecule has 0 aromatic heterocycles. The molecule has 0 fully saturated rings. The first kappa shape index (κ1) is 17.2. The highest BCUT2D eigenvalue weighted by Crippen LogP contribution is 2.43. The van der Waals surface area contributed by atoms with Crippen LogP contribution in [0.3, 0.4) is 0 Å². The number of rotatable bonds is 5. The van der Waals surface area contributed by atoms with Gasteiger partial charge in [-0.25, -0.2) is 0 Å². The minimum atomic E-state index is -1.79. The summed E-state index contributed by atoms with van der Waals surface area (Å²) in [5.74, 6) is 0.0503. The van der Waals surface area contributed by atoms with Gasteiger partial charge in [-0.05, 0) is 37.6 Å². The van der Waals surface area contributed by atoms with Crippen LogP contribution in [0.25, 0.3) is 0 Å². The lowest BCUT2D eigenvalue weighted by Crippen LogP contribution is -2.41. The van der Waals surface area contributed by atoms with Gasteiger partial charge in [0.2, 0.25) is 0 Å². The van der Waals surface area contributed by atoms with Crippen LogP contribution in [0.4, 0.5) is 5.69 Å². The van der Waals surface area contributed by atoms with E-state index in [1.807, 2.05) is 43.3 Å². The van der Waals surface area contributed by atoms with Gasteiger partial charge in [0.05, 0.1) is 19.3 Å². The smallest absolute Gasteiger partial charge is 0.264 e. The van der Waals surface area contributed by atoms with Crippen molar-refractivity contribution >= 4 is 17.4 Å². The van der Waals surface area contributed by atoms with Crippen LogP contribution >= 0.6 is 0 Å². The van der Waals surface area contributed by atoms with Crippen molar-refractivity contribution < 1.29 is 19.4 Å². The Hall–Kier alpha value is -2.66. The van der Waals surface area contributed by atoms with Crippen LogP contribution in [0, 0.1) is 6.92 Å². The normalized spacial score (nSPS) is 19.0. The molecule has 1 amide bonds. The van der Waals surface area contributed by atoms with Crippen molar-refractivity contribution in [3.8, 4) is 5.75 Å². The summed E-state index contributed by atoms with van der Waals surface area (Å²) in [6, 6.07) is 12.9. The number of ketones is 1. The lowest BCUT2D eigenvalue weighted by molar-refractivity contribution is -0.141. The van der Waals surface area contributed by atoms with Crippen LogP contribution < -0.4 is 9.64 Å². The Kier molecular flexibility index (Phi) is 4.35. The molecule has 0 saturated carbocycles. The summed E-state index contributed by atoms with van der Waals surface area (Å²) in [4.78, 5) is 26.1. The Labute approximate surface area is 146 Å². The van der Waals surface area contributed by atoms with Gasteiger partial charge in [0.1, 0.15) is 11.5 Å². The number of ether oxygens (including phenoxy) is 1. The number of methoxy groups -OCH3 is 1. The molecule has 5 nitrogen and oxygen atoms in total. The van der Waals surface area contributed by atoms with Gasteiger partial charge in [-0.15, -0.1) is 0 Å². The van der Waals surface area contributed by atoms with E-state index in [0.29, 0.717) is 17.8 Å². The summed E-state index contributed by atoms with van der Waals surface area (Å²) in [7, 11) is 1.60. The Morgan fingerprint density at radius 2 is 1.88 bits per heavy atom. The Balaban J connectivity index is 2.00. The Morgan fingerprint density at radius 1 is 1.20 bits per heavy atom. The number of nitrogens with zero attached hydrogens (tertiary/aromatic N) is 1. The minimum Gasteiger partial charge on any atom is -0.497 e. The highest BCUT2D eigenvalue weighted by molar-refractivity contribution is 6.08. The van der Waals surface area contributed by atoms with Crippen molar-refractivity contribution in [2.75, 3.05) is 12.0 Å². The second kappa shape index (κ2) is 6.33. The maximum atomic E-state index is 13.0. The number of anilines is 1. The zero-order chi connectivity index (χ0) is 18.2. The molecule has 130 valence electrons. The predicted octanol–water partition coefficient (Wildman–Crippen LogP) is 2.72. The Morgan fingerprint density at radius 3 is 2.48 bits per heavy atom. The molecular formula is C20H21NO4. The molecule has 0 saturated heterocycles.